The van der Waals surface area contributed by atoms with Crippen molar-refractivity contribution in [3.05, 3.63) is 48.0 Å². The van der Waals surface area contributed by atoms with Crippen LogP contribution in [0.4, 0.5) is 5.95 Å². The first kappa shape index (κ1) is 16.5. The SMILES string of the molecule is Cc1cnc(N2CCC3(CC2)CC(N(C)Cc2ccccn2)C3)nc1. The Balaban J connectivity index is 1.28. The number of aryl methyl sites for hydroxylation is 1. The maximum atomic E-state index is 4.48. The van der Waals surface area contributed by atoms with Crippen LogP contribution in [0.5, 0.6) is 0 Å². The molecule has 5 heteroatoms. The van der Waals surface area contributed by atoms with Gasteiger partial charge in [-0.3, -0.25) is 9.88 Å². The molecular weight excluding hydrogens is 310 g/mol. The van der Waals surface area contributed by atoms with Gasteiger partial charge < -0.3 is 4.90 Å². The van der Waals surface area contributed by atoms with Crippen LogP contribution >= 0.6 is 0 Å². The van der Waals surface area contributed by atoms with Crippen molar-refractivity contribution in [2.45, 2.75) is 45.2 Å². The van der Waals surface area contributed by atoms with Crippen LogP contribution in [0.25, 0.3) is 0 Å². The van der Waals surface area contributed by atoms with E-state index in [9.17, 15) is 0 Å². The van der Waals surface area contributed by atoms with E-state index in [-0.39, 0.29) is 0 Å². The van der Waals surface area contributed by atoms with E-state index in [0.29, 0.717) is 11.5 Å². The standard InChI is InChI=1S/C20H27N5/c1-16-13-22-19(23-14-16)25-9-6-20(7-10-25)11-18(12-20)24(2)15-17-5-3-4-8-21-17/h3-5,8,13-14,18H,6-7,9-12,15H2,1-2H3. The second-order valence-electron chi connectivity index (χ2n) is 7.85. The predicted molar refractivity (Wildman–Crippen MR) is 99.4 cm³/mol. The Morgan fingerprint density at radius 3 is 2.48 bits per heavy atom. The lowest BCUT2D eigenvalue weighted by Gasteiger charge is -2.54. The summed E-state index contributed by atoms with van der Waals surface area (Å²) >= 11 is 0. The minimum absolute atomic E-state index is 0.546. The lowest BCUT2D eigenvalue weighted by atomic mass is 9.60. The van der Waals surface area contributed by atoms with Gasteiger partial charge in [0.1, 0.15) is 0 Å². The smallest absolute Gasteiger partial charge is 0.225 e. The summed E-state index contributed by atoms with van der Waals surface area (Å²) in [6.07, 6.45) is 10.9. The minimum atomic E-state index is 0.546. The van der Waals surface area contributed by atoms with Crippen molar-refractivity contribution in [1.29, 1.82) is 0 Å². The van der Waals surface area contributed by atoms with Crippen LogP contribution < -0.4 is 4.90 Å². The van der Waals surface area contributed by atoms with Crippen molar-refractivity contribution in [1.82, 2.24) is 19.9 Å². The molecule has 2 aromatic rings. The summed E-state index contributed by atoms with van der Waals surface area (Å²) in [6, 6.07) is 6.86. The summed E-state index contributed by atoms with van der Waals surface area (Å²) in [4.78, 5) is 18.2. The van der Waals surface area contributed by atoms with E-state index < -0.39 is 0 Å². The molecule has 1 saturated heterocycles. The van der Waals surface area contributed by atoms with Gasteiger partial charge in [-0.2, -0.15) is 0 Å². The normalized spacial score (nSPS) is 20.0. The van der Waals surface area contributed by atoms with Gasteiger partial charge in [0.05, 0.1) is 5.69 Å². The molecule has 0 aromatic carbocycles. The highest BCUT2D eigenvalue weighted by Gasteiger charge is 2.47. The number of pyridine rings is 1. The van der Waals surface area contributed by atoms with Crippen LogP contribution in [0.15, 0.2) is 36.8 Å². The first-order valence-electron chi connectivity index (χ1n) is 9.27. The first-order valence-corrected chi connectivity index (χ1v) is 9.27. The van der Waals surface area contributed by atoms with Gasteiger partial charge in [0.2, 0.25) is 5.95 Å². The highest BCUT2D eigenvalue weighted by Crippen LogP contribution is 2.51. The third-order valence-electron chi connectivity index (χ3n) is 5.97. The Hall–Kier alpha value is -2.01. The van der Waals surface area contributed by atoms with Crippen LogP contribution in [0.3, 0.4) is 0 Å². The van der Waals surface area contributed by atoms with Crippen molar-refractivity contribution in [3.8, 4) is 0 Å². The first-order chi connectivity index (χ1) is 12.1. The van der Waals surface area contributed by atoms with Crippen molar-refractivity contribution < 1.29 is 0 Å². The quantitative estimate of drug-likeness (QED) is 0.858. The minimum Gasteiger partial charge on any atom is -0.341 e. The maximum absolute atomic E-state index is 4.48. The average Bonchev–Trinajstić information content (AvgIpc) is 2.61. The molecule has 5 nitrogen and oxygen atoms in total. The predicted octanol–water partition coefficient (Wildman–Crippen LogP) is 3.06. The van der Waals surface area contributed by atoms with Gasteiger partial charge >= 0.3 is 0 Å². The zero-order chi connectivity index (χ0) is 17.3. The van der Waals surface area contributed by atoms with Crippen LogP contribution in [0.1, 0.15) is 36.9 Å². The van der Waals surface area contributed by atoms with E-state index in [1.807, 2.05) is 31.6 Å². The molecule has 0 N–H and O–H groups in total. The molecule has 1 aliphatic carbocycles. The van der Waals surface area contributed by atoms with Gasteiger partial charge in [0, 0.05) is 44.3 Å². The number of hydrogen-bond donors (Lipinski definition) is 0. The van der Waals surface area contributed by atoms with Gasteiger partial charge in [-0.1, -0.05) is 6.07 Å². The molecule has 1 spiro atoms. The molecule has 2 aromatic heterocycles. The molecule has 0 amide bonds. The molecule has 0 unspecified atom stereocenters. The van der Waals surface area contributed by atoms with E-state index in [4.69, 9.17) is 0 Å². The fourth-order valence-corrected chi connectivity index (χ4v) is 4.27. The number of aromatic nitrogens is 3. The molecule has 0 radical (unpaired) electrons. The lowest BCUT2D eigenvalue weighted by Crippen LogP contribution is -2.54. The Morgan fingerprint density at radius 2 is 1.84 bits per heavy atom. The summed E-state index contributed by atoms with van der Waals surface area (Å²) in [5.74, 6) is 0.892. The lowest BCUT2D eigenvalue weighted by molar-refractivity contribution is -0.00927. The van der Waals surface area contributed by atoms with Gasteiger partial charge in [-0.25, -0.2) is 9.97 Å². The molecule has 2 fully saturated rings. The van der Waals surface area contributed by atoms with Crippen molar-refractivity contribution in [2.75, 3.05) is 25.0 Å². The Bertz CT molecular complexity index is 684. The molecule has 0 atom stereocenters. The second-order valence-corrected chi connectivity index (χ2v) is 7.85. The van der Waals surface area contributed by atoms with E-state index in [2.05, 4.69) is 43.9 Å². The summed E-state index contributed by atoms with van der Waals surface area (Å²) in [5, 5.41) is 0. The molecule has 4 rings (SSSR count). The second kappa shape index (κ2) is 6.71. The molecule has 132 valence electrons. The Kier molecular flexibility index (Phi) is 4.42. The van der Waals surface area contributed by atoms with E-state index in [0.717, 1.165) is 36.8 Å². The van der Waals surface area contributed by atoms with Crippen molar-refractivity contribution >= 4 is 5.95 Å². The van der Waals surface area contributed by atoms with Crippen LogP contribution in [0.2, 0.25) is 0 Å². The number of rotatable bonds is 4. The summed E-state index contributed by atoms with van der Waals surface area (Å²) in [6.45, 7) is 5.15. The van der Waals surface area contributed by atoms with Crippen LogP contribution in [-0.4, -0.2) is 46.0 Å². The van der Waals surface area contributed by atoms with E-state index in [1.54, 1.807) is 0 Å². The van der Waals surface area contributed by atoms with E-state index in [1.165, 1.54) is 25.7 Å². The number of nitrogens with zero attached hydrogens (tertiary/aromatic N) is 5. The Labute approximate surface area is 150 Å². The monoisotopic (exact) mass is 337 g/mol. The third kappa shape index (κ3) is 3.52. The third-order valence-corrected chi connectivity index (χ3v) is 5.97. The zero-order valence-electron chi connectivity index (χ0n) is 15.2. The largest absolute Gasteiger partial charge is 0.341 e. The average molecular weight is 337 g/mol. The fraction of sp³-hybridized carbons (Fsp3) is 0.550. The molecular formula is C20H27N5. The van der Waals surface area contributed by atoms with E-state index >= 15 is 0 Å². The summed E-state index contributed by atoms with van der Waals surface area (Å²) in [5.41, 5.74) is 2.83. The molecule has 3 heterocycles. The van der Waals surface area contributed by atoms with Gasteiger partial charge in [0.25, 0.3) is 0 Å². The highest BCUT2D eigenvalue weighted by atomic mass is 15.3. The topological polar surface area (TPSA) is 45.2 Å². The molecule has 1 saturated carbocycles. The van der Waals surface area contributed by atoms with Gasteiger partial charge in [0.15, 0.2) is 0 Å². The van der Waals surface area contributed by atoms with Crippen molar-refractivity contribution in [2.24, 2.45) is 5.41 Å². The van der Waals surface area contributed by atoms with Gasteiger partial charge in [-0.15, -0.1) is 0 Å². The summed E-state index contributed by atoms with van der Waals surface area (Å²) in [7, 11) is 2.24. The molecule has 25 heavy (non-hydrogen) atoms. The van der Waals surface area contributed by atoms with Crippen molar-refractivity contribution in [3.63, 3.8) is 0 Å². The van der Waals surface area contributed by atoms with Crippen LogP contribution in [0, 0.1) is 12.3 Å². The fourth-order valence-electron chi connectivity index (χ4n) is 4.27. The molecule has 0 bridgehead atoms. The number of piperidine rings is 1. The number of hydrogen-bond acceptors (Lipinski definition) is 5. The number of anilines is 1. The maximum Gasteiger partial charge on any atom is 0.225 e. The summed E-state index contributed by atoms with van der Waals surface area (Å²) < 4.78 is 0. The highest BCUT2D eigenvalue weighted by molar-refractivity contribution is 5.31. The molecule has 2 aliphatic rings. The zero-order valence-corrected chi connectivity index (χ0v) is 15.2. The van der Waals surface area contributed by atoms with Gasteiger partial charge in [-0.05, 0) is 62.8 Å². The Morgan fingerprint density at radius 1 is 1.12 bits per heavy atom. The van der Waals surface area contributed by atoms with Crippen LogP contribution in [-0.2, 0) is 6.54 Å². The molecule has 1 aliphatic heterocycles.